The van der Waals surface area contributed by atoms with Gasteiger partial charge in [0.15, 0.2) is 5.96 Å². The van der Waals surface area contributed by atoms with Gasteiger partial charge in [-0.3, -0.25) is 0 Å². The highest BCUT2D eigenvalue weighted by Crippen LogP contribution is 2.29. The molecule has 0 aliphatic carbocycles. The predicted molar refractivity (Wildman–Crippen MR) is 132 cm³/mol. The van der Waals surface area contributed by atoms with Crippen LogP contribution in [0.5, 0.6) is 0 Å². The van der Waals surface area contributed by atoms with E-state index < -0.39 is 11.7 Å². The Hall–Kier alpha value is -2.08. The van der Waals surface area contributed by atoms with Crippen molar-refractivity contribution in [2.24, 2.45) is 4.99 Å². The van der Waals surface area contributed by atoms with E-state index in [1.165, 1.54) is 6.07 Å². The van der Waals surface area contributed by atoms with Gasteiger partial charge in [0.2, 0.25) is 0 Å². The van der Waals surface area contributed by atoms with Gasteiger partial charge in [0.1, 0.15) is 5.82 Å². The molecule has 176 valence electrons. The molecule has 2 aromatic rings. The highest BCUT2D eigenvalue weighted by molar-refractivity contribution is 14.0. The predicted octanol–water partition coefficient (Wildman–Crippen LogP) is 3.73. The van der Waals surface area contributed by atoms with Crippen molar-refractivity contribution in [1.29, 1.82) is 0 Å². The zero-order chi connectivity index (χ0) is 22.3. The number of hydrogen-bond acceptors (Lipinski definition) is 4. The average molecular weight is 562 g/mol. The summed E-state index contributed by atoms with van der Waals surface area (Å²) >= 11 is 0. The van der Waals surface area contributed by atoms with Gasteiger partial charge in [-0.25, -0.2) is 9.98 Å². The standard InChI is InChI=1S/C22H29F3N6.HI/c1-3-26-21(28-15-17-5-4-6-19(13-17)22(23,24)25)29-16-18-7-8-27-20(14-18)31-11-9-30(2)10-12-31;/h4-8,13-14H,3,9-12,15-16H2,1-2H3,(H2,26,28,29);1H. The molecule has 32 heavy (non-hydrogen) atoms. The van der Waals surface area contributed by atoms with Gasteiger partial charge < -0.3 is 20.4 Å². The molecule has 0 atom stereocenters. The molecule has 0 radical (unpaired) electrons. The van der Waals surface area contributed by atoms with Gasteiger partial charge in [0, 0.05) is 45.5 Å². The Bertz CT molecular complexity index is 882. The summed E-state index contributed by atoms with van der Waals surface area (Å²) in [5.41, 5.74) is 0.910. The molecule has 0 saturated carbocycles. The quantitative estimate of drug-likeness (QED) is 0.320. The maximum absolute atomic E-state index is 12.9. The van der Waals surface area contributed by atoms with E-state index in [1.54, 1.807) is 12.3 Å². The average Bonchev–Trinajstić information content (AvgIpc) is 2.76. The number of guanidine groups is 1. The molecule has 3 rings (SSSR count). The number of rotatable bonds is 6. The molecule has 2 heterocycles. The van der Waals surface area contributed by atoms with Crippen LogP contribution in [0.25, 0.3) is 0 Å². The second-order valence-electron chi connectivity index (χ2n) is 7.56. The second kappa shape index (κ2) is 12.2. The first-order valence-corrected chi connectivity index (χ1v) is 10.4. The molecule has 1 saturated heterocycles. The van der Waals surface area contributed by atoms with E-state index in [2.05, 4.69) is 43.5 Å². The van der Waals surface area contributed by atoms with Crippen molar-refractivity contribution in [1.82, 2.24) is 20.5 Å². The Morgan fingerprint density at radius 3 is 2.50 bits per heavy atom. The van der Waals surface area contributed by atoms with Crippen molar-refractivity contribution in [3.05, 3.63) is 59.3 Å². The number of piperazine rings is 1. The molecule has 1 aliphatic heterocycles. The zero-order valence-corrected chi connectivity index (χ0v) is 20.7. The third kappa shape index (κ3) is 7.80. The fraction of sp³-hybridized carbons (Fsp3) is 0.455. The van der Waals surface area contributed by atoms with Crippen LogP contribution in [-0.4, -0.2) is 55.6 Å². The molecule has 0 unspecified atom stereocenters. The molecule has 2 N–H and O–H groups in total. The number of alkyl halides is 3. The van der Waals surface area contributed by atoms with Crippen LogP contribution in [-0.2, 0) is 19.3 Å². The summed E-state index contributed by atoms with van der Waals surface area (Å²) in [5, 5.41) is 6.39. The van der Waals surface area contributed by atoms with E-state index in [-0.39, 0.29) is 30.5 Å². The largest absolute Gasteiger partial charge is 0.416 e. The van der Waals surface area contributed by atoms with E-state index >= 15 is 0 Å². The number of aliphatic imine (C=N–C) groups is 1. The SMILES string of the molecule is CCNC(=NCc1cccc(C(F)(F)F)c1)NCc1ccnc(N2CCN(C)CC2)c1.I. The van der Waals surface area contributed by atoms with Crippen LogP contribution < -0.4 is 15.5 Å². The number of nitrogens with one attached hydrogen (secondary N) is 2. The third-order valence-corrected chi connectivity index (χ3v) is 5.12. The Morgan fingerprint density at radius 1 is 1.06 bits per heavy atom. The fourth-order valence-corrected chi connectivity index (χ4v) is 3.32. The zero-order valence-electron chi connectivity index (χ0n) is 18.3. The van der Waals surface area contributed by atoms with Crippen LogP contribution in [0.1, 0.15) is 23.6 Å². The normalized spacial score (nSPS) is 15.3. The molecule has 6 nitrogen and oxygen atoms in total. The third-order valence-electron chi connectivity index (χ3n) is 5.12. The molecule has 0 amide bonds. The summed E-state index contributed by atoms with van der Waals surface area (Å²) in [6, 6.07) is 9.27. The van der Waals surface area contributed by atoms with Gasteiger partial charge in [-0.05, 0) is 49.4 Å². The molecule has 0 spiro atoms. The summed E-state index contributed by atoms with van der Waals surface area (Å²) in [5.74, 6) is 1.51. The number of likely N-dealkylation sites (N-methyl/N-ethyl adjacent to an activating group) is 1. The molecule has 1 aromatic heterocycles. The number of pyridine rings is 1. The Kier molecular flexibility index (Phi) is 10.0. The van der Waals surface area contributed by atoms with E-state index in [1.807, 2.05) is 13.0 Å². The Morgan fingerprint density at radius 2 is 1.81 bits per heavy atom. The van der Waals surface area contributed by atoms with Crippen molar-refractivity contribution in [2.45, 2.75) is 26.2 Å². The molecule has 1 fully saturated rings. The summed E-state index contributed by atoms with van der Waals surface area (Å²) < 4.78 is 38.7. The maximum atomic E-state index is 12.9. The minimum atomic E-state index is -4.36. The smallest absolute Gasteiger partial charge is 0.357 e. The van der Waals surface area contributed by atoms with E-state index in [0.717, 1.165) is 49.7 Å². The topological polar surface area (TPSA) is 55.8 Å². The lowest BCUT2D eigenvalue weighted by Gasteiger charge is -2.33. The van der Waals surface area contributed by atoms with Gasteiger partial charge in [-0.2, -0.15) is 13.2 Å². The molecular formula is C22H30F3IN6. The minimum absolute atomic E-state index is 0. The molecular weight excluding hydrogens is 532 g/mol. The van der Waals surface area contributed by atoms with Crippen molar-refractivity contribution in [2.75, 3.05) is 44.7 Å². The number of halogens is 4. The maximum Gasteiger partial charge on any atom is 0.416 e. The number of nitrogens with zero attached hydrogens (tertiary/aromatic N) is 4. The minimum Gasteiger partial charge on any atom is -0.357 e. The van der Waals surface area contributed by atoms with Gasteiger partial charge in [-0.1, -0.05) is 12.1 Å². The molecule has 0 bridgehead atoms. The summed E-state index contributed by atoms with van der Waals surface area (Å²) in [6.07, 6.45) is -2.55. The van der Waals surface area contributed by atoms with Crippen molar-refractivity contribution < 1.29 is 13.2 Å². The number of anilines is 1. The van der Waals surface area contributed by atoms with Crippen LogP contribution in [0.15, 0.2) is 47.6 Å². The lowest BCUT2D eigenvalue weighted by molar-refractivity contribution is -0.137. The Labute approximate surface area is 204 Å². The van der Waals surface area contributed by atoms with Crippen LogP contribution in [0.4, 0.5) is 19.0 Å². The van der Waals surface area contributed by atoms with Crippen molar-refractivity contribution in [3.63, 3.8) is 0 Å². The van der Waals surface area contributed by atoms with Crippen LogP contribution in [0.3, 0.4) is 0 Å². The number of aromatic nitrogens is 1. The van der Waals surface area contributed by atoms with Crippen LogP contribution >= 0.6 is 24.0 Å². The number of hydrogen-bond donors (Lipinski definition) is 2. The Balaban J connectivity index is 0.00000363. The van der Waals surface area contributed by atoms with Gasteiger partial charge in [0.25, 0.3) is 0 Å². The van der Waals surface area contributed by atoms with Crippen LogP contribution in [0.2, 0.25) is 0 Å². The van der Waals surface area contributed by atoms with Gasteiger partial charge in [-0.15, -0.1) is 24.0 Å². The first kappa shape index (κ1) is 26.2. The van der Waals surface area contributed by atoms with E-state index in [0.29, 0.717) is 24.6 Å². The summed E-state index contributed by atoms with van der Waals surface area (Å²) in [4.78, 5) is 13.5. The van der Waals surface area contributed by atoms with E-state index in [4.69, 9.17) is 0 Å². The van der Waals surface area contributed by atoms with Crippen molar-refractivity contribution >= 4 is 35.8 Å². The first-order chi connectivity index (χ1) is 14.8. The monoisotopic (exact) mass is 562 g/mol. The van der Waals surface area contributed by atoms with Gasteiger partial charge in [0.05, 0.1) is 12.1 Å². The lowest BCUT2D eigenvalue weighted by atomic mass is 10.1. The summed E-state index contributed by atoms with van der Waals surface area (Å²) in [6.45, 7) is 7.20. The lowest BCUT2D eigenvalue weighted by Crippen LogP contribution is -2.44. The van der Waals surface area contributed by atoms with Gasteiger partial charge >= 0.3 is 6.18 Å². The second-order valence-corrected chi connectivity index (χ2v) is 7.56. The highest BCUT2D eigenvalue weighted by Gasteiger charge is 2.30. The molecule has 1 aromatic carbocycles. The number of benzene rings is 1. The molecule has 10 heteroatoms. The van der Waals surface area contributed by atoms with E-state index in [9.17, 15) is 13.2 Å². The highest BCUT2D eigenvalue weighted by atomic mass is 127. The summed E-state index contributed by atoms with van der Waals surface area (Å²) in [7, 11) is 2.12. The molecule has 1 aliphatic rings. The van der Waals surface area contributed by atoms with Crippen molar-refractivity contribution in [3.8, 4) is 0 Å². The van der Waals surface area contributed by atoms with Crippen LogP contribution in [0, 0.1) is 0 Å². The first-order valence-electron chi connectivity index (χ1n) is 10.4. The fourth-order valence-electron chi connectivity index (χ4n) is 3.32.